The summed E-state index contributed by atoms with van der Waals surface area (Å²) in [6.45, 7) is 2.47. The van der Waals surface area contributed by atoms with Crippen molar-refractivity contribution in [3.05, 3.63) is 29.8 Å². The summed E-state index contributed by atoms with van der Waals surface area (Å²) in [7, 11) is 0. The molecule has 0 aliphatic carbocycles. The van der Waals surface area contributed by atoms with E-state index in [1.807, 2.05) is 0 Å². The minimum absolute atomic E-state index is 0.00161. The molecule has 1 aromatic rings. The van der Waals surface area contributed by atoms with E-state index in [1.54, 1.807) is 32.9 Å². The first-order chi connectivity index (χ1) is 9.74. The first-order valence-corrected chi connectivity index (χ1v) is 7.55. The van der Waals surface area contributed by atoms with E-state index >= 15 is 0 Å². The summed E-state index contributed by atoms with van der Waals surface area (Å²) in [5.41, 5.74) is 0.567. The minimum Gasteiger partial charge on any atom is -0.598 e. The van der Waals surface area contributed by atoms with Gasteiger partial charge in [0, 0.05) is 17.8 Å². The quantitative estimate of drug-likeness (QED) is 0.620. The lowest BCUT2D eigenvalue weighted by atomic mass is 10.1. The largest absolute Gasteiger partial charge is 0.598 e. The Morgan fingerprint density at radius 3 is 2.62 bits per heavy atom. The number of rotatable bonds is 7. The predicted octanol–water partition coefficient (Wildman–Crippen LogP) is 2.97. The molecule has 0 aliphatic rings. The van der Waals surface area contributed by atoms with E-state index < -0.39 is 28.8 Å². The Morgan fingerprint density at radius 2 is 2.10 bits per heavy atom. The van der Waals surface area contributed by atoms with Gasteiger partial charge in [0.05, 0.1) is 6.04 Å². The molecule has 1 aromatic carbocycles. The van der Waals surface area contributed by atoms with Gasteiger partial charge in [0.25, 0.3) is 0 Å². The van der Waals surface area contributed by atoms with Crippen molar-refractivity contribution in [2.24, 2.45) is 0 Å². The zero-order valence-electron chi connectivity index (χ0n) is 12.1. The van der Waals surface area contributed by atoms with Crippen molar-refractivity contribution in [3.8, 4) is 5.75 Å². The van der Waals surface area contributed by atoms with Gasteiger partial charge in [-0.2, -0.15) is 8.78 Å². The number of benzene rings is 1. The SMILES string of the molecule is CC(C)(C)[S@+]([O-])NC(CC=O)c1cccc(OC(F)F)c1. The predicted molar refractivity (Wildman–Crippen MR) is 77.5 cm³/mol. The summed E-state index contributed by atoms with van der Waals surface area (Å²) in [4.78, 5) is 10.8. The number of hydrogen-bond acceptors (Lipinski definition) is 4. The van der Waals surface area contributed by atoms with Crippen molar-refractivity contribution in [3.63, 3.8) is 0 Å². The van der Waals surface area contributed by atoms with Crippen molar-refractivity contribution in [2.75, 3.05) is 0 Å². The highest BCUT2D eigenvalue weighted by atomic mass is 32.2. The highest BCUT2D eigenvalue weighted by Crippen LogP contribution is 2.25. The number of carbonyl (C=O) groups excluding carboxylic acids is 1. The standard InChI is InChI=1S/C14H19F2NO3S/c1-14(2,3)21(19)17-12(7-8-18)10-5-4-6-11(9-10)20-13(15)16/h4-6,8-9,12-13,17H,7H2,1-3H3/t12?,21-/m0/s1. The molecule has 0 aliphatic heterocycles. The van der Waals surface area contributed by atoms with Crippen LogP contribution in [0.5, 0.6) is 5.75 Å². The molecule has 0 heterocycles. The van der Waals surface area contributed by atoms with Gasteiger partial charge in [-0.1, -0.05) is 12.1 Å². The molecule has 118 valence electrons. The number of halogens is 2. The fourth-order valence-corrected chi connectivity index (χ4v) is 2.41. The van der Waals surface area contributed by atoms with Gasteiger partial charge in [-0.05, 0) is 38.5 Å². The summed E-state index contributed by atoms with van der Waals surface area (Å²) in [5, 5.41) is 0. The van der Waals surface area contributed by atoms with Gasteiger partial charge >= 0.3 is 6.61 Å². The molecular weight excluding hydrogens is 300 g/mol. The van der Waals surface area contributed by atoms with Crippen LogP contribution in [0.25, 0.3) is 0 Å². The third kappa shape index (κ3) is 5.99. The second kappa shape index (κ2) is 7.72. The molecule has 1 rings (SSSR count). The Morgan fingerprint density at radius 1 is 1.43 bits per heavy atom. The smallest absolute Gasteiger partial charge is 0.387 e. The number of aldehydes is 1. The number of hydrogen-bond donors (Lipinski definition) is 1. The van der Waals surface area contributed by atoms with Crippen LogP contribution < -0.4 is 9.46 Å². The van der Waals surface area contributed by atoms with E-state index in [-0.39, 0.29) is 12.2 Å². The van der Waals surface area contributed by atoms with E-state index in [0.29, 0.717) is 11.8 Å². The molecule has 0 saturated heterocycles. The Labute approximate surface area is 126 Å². The topological polar surface area (TPSA) is 61.4 Å². The van der Waals surface area contributed by atoms with E-state index in [1.165, 1.54) is 12.1 Å². The van der Waals surface area contributed by atoms with Crippen LogP contribution in [-0.2, 0) is 16.2 Å². The van der Waals surface area contributed by atoms with Crippen LogP contribution in [0.3, 0.4) is 0 Å². The maximum Gasteiger partial charge on any atom is 0.387 e. The van der Waals surface area contributed by atoms with E-state index in [9.17, 15) is 18.1 Å². The van der Waals surface area contributed by atoms with Gasteiger partial charge in [-0.25, -0.2) is 0 Å². The summed E-state index contributed by atoms with van der Waals surface area (Å²) in [5.74, 6) is 0.00161. The molecular formula is C14H19F2NO3S. The Hall–Kier alpha value is -1.18. The van der Waals surface area contributed by atoms with Gasteiger partial charge in [-0.3, -0.25) is 0 Å². The lowest BCUT2D eigenvalue weighted by Crippen LogP contribution is -2.41. The van der Waals surface area contributed by atoms with Gasteiger partial charge in [0.1, 0.15) is 16.8 Å². The lowest BCUT2D eigenvalue weighted by Gasteiger charge is -2.27. The van der Waals surface area contributed by atoms with Gasteiger partial charge < -0.3 is 14.1 Å². The second-order valence-electron chi connectivity index (χ2n) is 5.40. The van der Waals surface area contributed by atoms with E-state index in [2.05, 4.69) is 9.46 Å². The van der Waals surface area contributed by atoms with Crippen molar-refractivity contribution >= 4 is 17.6 Å². The molecule has 0 aromatic heterocycles. The highest BCUT2D eigenvalue weighted by molar-refractivity contribution is 7.90. The van der Waals surface area contributed by atoms with Gasteiger partial charge in [-0.15, -0.1) is 4.72 Å². The summed E-state index contributed by atoms with van der Waals surface area (Å²) in [6, 6.07) is 5.50. The van der Waals surface area contributed by atoms with Crippen molar-refractivity contribution < 1.29 is 22.9 Å². The van der Waals surface area contributed by atoms with Crippen molar-refractivity contribution in [2.45, 2.75) is 44.6 Å². The fraction of sp³-hybridized carbons (Fsp3) is 0.500. The van der Waals surface area contributed by atoms with Crippen LogP contribution in [0.2, 0.25) is 0 Å². The Balaban J connectivity index is 2.92. The minimum atomic E-state index is -2.92. The molecule has 0 bridgehead atoms. The number of ether oxygens (including phenoxy) is 1. The van der Waals surface area contributed by atoms with Crippen molar-refractivity contribution in [1.82, 2.24) is 4.72 Å². The average Bonchev–Trinajstić information content (AvgIpc) is 2.36. The normalized spacial score (nSPS) is 14.8. The summed E-state index contributed by atoms with van der Waals surface area (Å²) < 4.78 is 43.2. The highest BCUT2D eigenvalue weighted by Gasteiger charge is 2.29. The van der Waals surface area contributed by atoms with Gasteiger partial charge in [0.2, 0.25) is 0 Å². The molecule has 0 saturated carbocycles. The maximum atomic E-state index is 12.2. The van der Waals surface area contributed by atoms with E-state index in [0.717, 1.165) is 0 Å². The van der Waals surface area contributed by atoms with Crippen molar-refractivity contribution in [1.29, 1.82) is 0 Å². The Bertz CT molecular complexity index is 466. The molecule has 0 fully saturated rings. The third-order valence-electron chi connectivity index (χ3n) is 2.62. The molecule has 0 radical (unpaired) electrons. The molecule has 1 N–H and O–H groups in total. The first-order valence-electron chi connectivity index (χ1n) is 6.40. The molecule has 2 atom stereocenters. The molecule has 4 nitrogen and oxygen atoms in total. The number of alkyl halides is 2. The average molecular weight is 319 g/mol. The van der Waals surface area contributed by atoms with Gasteiger partial charge in [0.15, 0.2) is 0 Å². The molecule has 21 heavy (non-hydrogen) atoms. The monoisotopic (exact) mass is 319 g/mol. The fourth-order valence-electron chi connectivity index (χ4n) is 1.56. The maximum absolute atomic E-state index is 12.2. The van der Waals surface area contributed by atoms with Crippen LogP contribution in [0, 0.1) is 0 Å². The second-order valence-corrected chi connectivity index (χ2v) is 7.40. The number of nitrogens with one attached hydrogen (secondary N) is 1. The third-order valence-corrected chi connectivity index (χ3v) is 4.23. The Kier molecular flexibility index (Phi) is 6.57. The lowest BCUT2D eigenvalue weighted by molar-refractivity contribution is -0.108. The van der Waals surface area contributed by atoms with Crippen LogP contribution in [0.1, 0.15) is 38.8 Å². The number of carbonyl (C=O) groups is 1. The summed E-state index contributed by atoms with van der Waals surface area (Å²) in [6.07, 6.45) is 0.776. The zero-order chi connectivity index (χ0) is 16.0. The van der Waals surface area contributed by atoms with Crippen LogP contribution >= 0.6 is 0 Å². The van der Waals surface area contributed by atoms with E-state index in [4.69, 9.17) is 0 Å². The molecule has 7 heteroatoms. The van der Waals surface area contributed by atoms with Crippen LogP contribution in [0.4, 0.5) is 8.78 Å². The first kappa shape index (κ1) is 17.9. The molecule has 0 spiro atoms. The molecule has 1 unspecified atom stereocenters. The zero-order valence-corrected chi connectivity index (χ0v) is 13.0. The molecule has 0 amide bonds. The van der Waals surface area contributed by atoms with Crippen LogP contribution in [-0.4, -0.2) is 22.2 Å². The summed E-state index contributed by atoms with van der Waals surface area (Å²) >= 11 is -1.38. The van der Waals surface area contributed by atoms with Crippen LogP contribution in [0.15, 0.2) is 24.3 Å².